The van der Waals surface area contributed by atoms with Crippen LogP contribution in [0.2, 0.25) is 0 Å². The van der Waals surface area contributed by atoms with Crippen LogP contribution >= 0.6 is 0 Å². The van der Waals surface area contributed by atoms with Crippen LogP contribution in [0.25, 0.3) is 99.5 Å². The molecule has 0 aliphatic carbocycles. The van der Waals surface area contributed by atoms with Crippen LogP contribution in [0.3, 0.4) is 0 Å². The van der Waals surface area contributed by atoms with Crippen LogP contribution in [0.1, 0.15) is 0 Å². The molecule has 9 aromatic carbocycles. The summed E-state index contributed by atoms with van der Waals surface area (Å²) < 4.78 is 4.76. The molecule has 0 fully saturated rings. The van der Waals surface area contributed by atoms with Gasteiger partial charge in [-0.3, -0.25) is 0 Å². The number of hydrogen-bond donors (Lipinski definition) is 0. The van der Waals surface area contributed by atoms with Gasteiger partial charge in [0.05, 0.1) is 22.1 Å². The second kappa shape index (κ2) is 13.2. The van der Waals surface area contributed by atoms with Gasteiger partial charge in [-0.2, -0.15) is 0 Å². The second-order valence-electron chi connectivity index (χ2n) is 14.5. The zero-order chi connectivity index (χ0) is 37.0. The molecular weight excluding hydrogens is 677 g/mol. The molecule has 0 unspecified atom stereocenters. The third-order valence-corrected chi connectivity index (χ3v) is 11.4. The molecular formula is C54H36N2. The number of hydrogen-bond acceptors (Lipinski definition) is 0. The molecule has 0 saturated carbocycles. The van der Waals surface area contributed by atoms with Crippen molar-refractivity contribution in [3.63, 3.8) is 0 Å². The molecule has 2 aromatic heterocycles. The highest BCUT2D eigenvalue weighted by Gasteiger charge is 2.19. The van der Waals surface area contributed by atoms with E-state index in [9.17, 15) is 0 Å². The summed E-state index contributed by atoms with van der Waals surface area (Å²) in [4.78, 5) is 0. The molecule has 0 aliphatic heterocycles. The van der Waals surface area contributed by atoms with Crippen molar-refractivity contribution in [2.45, 2.75) is 0 Å². The molecule has 0 atom stereocenters. The average Bonchev–Trinajstić information content (AvgIpc) is 3.79. The fourth-order valence-corrected chi connectivity index (χ4v) is 8.88. The Morgan fingerprint density at radius 3 is 0.929 bits per heavy atom. The number of para-hydroxylation sites is 4. The lowest BCUT2D eigenvalue weighted by molar-refractivity contribution is 1.18. The Balaban J connectivity index is 1.06. The van der Waals surface area contributed by atoms with Crippen LogP contribution in [0.15, 0.2) is 218 Å². The van der Waals surface area contributed by atoms with Gasteiger partial charge in [0.15, 0.2) is 0 Å². The van der Waals surface area contributed by atoms with Gasteiger partial charge in [0, 0.05) is 32.9 Å². The molecule has 0 radical (unpaired) electrons. The maximum Gasteiger partial charge on any atom is 0.0541 e. The van der Waals surface area contributed by atoms with Gasteiger partial charge in [0.2, 0.25) is 0 Å². The fraction of sp³-hybridized carbons (Fsp3) is 0. The van der Waals surface area contributed by atoms with E-state index in [0.29, 0.717) is 0 Å². The van der Waals surface area contributed by atoms with Crippen LogP contribution in [-0.4, -0.2) is 9.13 Å². The molecule has 2 heterocycles. The predicted molar refractivity (Wildman–Crippen MR) is 237 cm³/mol. The highest BCUT2D eigenvalue weighted by atomic mass is 15.0. The molecule has 0 spiro atoms. The first-order valence-corrected chi connectivity index (χ1v) is 19.3. The predicted octanol–water partition coefficient (Wildman–Crippen LogP) is 14.5. The van der Waals surface area contributed by atoms with E-state index >= 15 is 0 Å². The third-order valence-electron chi connectivity index (χ3n) is 11.4. The molecule has 0 amide bonds. The van der Waals surface area contributed by atoms with Crippen molar-refractivity contribution in [1.29, 1.82) is 0 Å². The van der Waals surface area contributed by atoms with Gasteiger partial charge in [-0.15, -0.1) is 0 Å². The van der Waals surface area contributed by atoms with E-state index in [1.807, 2.05) is 0 Å². The van der Waals surface area contributed by atoms with Gasteiger partial charge in [0.25, 0.3) is 0 Å². The SMILES string of the molecule is c1ccc(-n2c3ccccc3c3cc(-c4ccccc4-c4ccccc4-c4ccccc4-c4ccc5c(c4)c4ccccc4n5-c4ccccc4)ccc32)cc1. The summed E-state index contributed by atoms with van der Waals surface area (Å²) in [6, 6.07) is 79.4. The Hall–Kier alpha value is -7.42. The molecule has 0 N–H and O–H groups in total. The van der Waals surface area contributed by atoms with Crippen LogP contribution in [0, 0.1) is 0 Å². The van der Waals surface area contributed by atoms with Crippen molar-refractivity contribution >= 4 is 43.6 Å². The van der Waals surface area contributed by atoms with E-state index in [0.717, 1.165) is 0 Å². The first-order valence-electron chi connectivity index (χ1n) is 19.3. The van der Waals surface area contributed by atoms with Gasteiger partial charge < -0.3 is 9.13 Å². The summed E-state index contributed by atoms with van der Waals surface area (Å²) in [5.41, 5.74) is 16.9. The van der Waals surface area contributed by atoms with Gasteiger partial charge in [-0.25, -0.2) is 0 Å². The van der Waals surface area contributed by atoms with Gasteiger partial charge in [-0.05, 0) is 105 Å². The second-order valence-corrected chi connectivity index (χ2v) is 14.5. The van der Waals surface area contributed by atoms with Crippen molar-refractivity contribution in [3.8, 4) is 55.9 Å². The summed E-state index contributed by atoms with van der Waals surface area (Å²) in [6.07, 6.45) is 0. The lowest BCUT2D eigenvalue weighted by Gasteiger charge is -2.17. The quantitative estimate of drug-likeness (QED) is 0.162. The minimum atomic E-state index is 1.17. The van der Waals surface area contributed by atoms with Gasteiger partial charge in [0.1, 0.15) is 0 Å². The fourth-order valence-electron chi connectivity index (χ4n) is 8.88. The topological polar surface area (TPSA) is 9.86 Å². The van der Waals surface area contributed by atoms with E-state index in [4.69, 9.17) is 0 Å². The van der Waals surface area contributed by atoms with Crippen molar-refractivity contribution in [1.82, 2.24) is 9.13 Å². The normalized spacial score (nSPS) is 11.6. The summed E-state index contributed by atoms with van der Waals surface area (Å²) in [6.45, 7) is 0. The maximum absolute atomic E-state index is 2.38. The van der Waals surface area contributed by atoms with Crippen LogP contribution in [0.5, 0.6) is 0 Å². The summed E-state index contributed by atoms with van der Waals surface area (Å²) >= 11 is 0. The van der Waals surface area contributed by atoms with Crippen LogP contribution < -0.4 is 0 Å². The number of rotatable bonds is 6. The summed E-state index contributed by atoms with van der Waals surface area (Å²) in [7, 11) is 0. The molecule has 262 valence electrons. The molecule has 11 aromatic rings. The molecule has 0 saturated heterocycles. The Labute approximate surface area is 325 Å². The molecule has 11 rings (SSSR count). The van der Waals surface area contributed by atoms with Crippen molar-refractivity contribution in [2.75, 3.05) is 0 Å². The van der Waals surface area contributed by atoms with E-state index in [1.165, 1.54) is 99.5 Å². The van der Waals surface area contributed by atoms with Gasteiger partial charge in [-0.1, -0.05) is 158 Å². The molecule has 56 heavy (non-hydrogen) atoms. The Bertz CT molecular complexity index is 3020. The molecule has 0 bridgehead atoms. The number of nitrogens with zero attached hydrogens (tertiary/aromatic N) is 2. The first-order chi connectivity index (χ1) is 27.8. The van der Waals surface area contributed by atoms with Crippen molar-refractivity contribution in [2.24, 2.45) is 0 Å². The third kappa shape index (κ3) is 5.11. The van der Waals surface area contributed by atoms with Crippen molar-refractivity contribution < 1.29 is 0 Å². The maximum atomic E-state index is 2.38. The molecule has 0 aliphatic rings. The van der Waals surface area contributed by atoms with E-state index < -0.39 is 0 Å². The summed E-state index contributed by atoms with van der Waals surface area (Å²) in [5.74, 6) is 0. The van der Waals surface area contributed by atoms with E-state index in [2.05, 4.69) is 228 Å². The Morgan fingerprint density at radius 2 is 0.518 bits per heavy atom. The largest absolute Gasteiger partial charge is 0.309 e. The van der Waals surface area contributed by atoms with E-state index in [1.54, 1.807) is 0 Å². The van der Waals surface area contributed by atoms with Crippen molar-refractivity contribution in [3.05, 3.63) is 218 Å². The first kappa shape index (κ1) is 32.0. The minimum Gasteiger partial charge on any atom is -0.309 e. The zero-order valence-corrected chi connectivity index (χ0v) is 30.7. The molecule has 2 heteroatoms. The van der Waals surface area contributed by atoms with Crippen LogP contribution in [-0.2, 0) is 0 Å². The highest BCUT2D eigenvalue weighted by Crippen LogP contribution is 2.44. The number of aromatic nitrogens is 2. The highest BCUT2D eigenvalue weighted by molar-refractivity contribution is 6.12. The smallest absolute Gasteiger partial charge is 0.0541 e. The Morgan fingerprint density at radius 1 is 0.214 bits per heavy atom. The number of fused-ring (bicyclic) bond motifs is 6. The average molecular weight is 713 g/mol. The van der Waals surface area contributed by atoms with E-state index in [-0.39, 0.29) is 0 Å². The molecule has 2 nitrogen and oxygen atoms in total. The monoisotopic (exact) mass is 712 g/mol. The standard InChI is InChI=1S/C54H36N2/c1-3-17-39(18-4-1)55-51-29-15-13-27-47(51)49-35-37(31-33-53(49)55)41-21-7-9-23-43(41)45-25-11-12-26-46(45)44-24-10-8-22-42(44)38-32-34-54-50(36-38)48-28-14-16-30-52(48)56(54)40-19-5-2-6-20-40/h1-36H. The zero-order valence-electron chi connectivity index (χ0n) is 30.7. The van der Waals surface area contributed by atoms with Crippen LogP contribution in [0.4, 0.5) is 0 Å². The summed E-state index contributed by atoms with van der Waals surface area (Å²) in [5, 5.41) is 5.01. The number of benzene rings is 9. The van der Waals surface area contributed by atoms with Gasteiger partial charge >= 0.3 is 0 Å². The lowest BCUT2D eigenvalue weighted by Crippen LogP contribution is -1.93. The minimum absolute atomic E-state index is 1.17. The lowest BCUT2D eigenvalue weighted by atomic mass is 9.86. The Kier molecular flexibility index (Phi) is 7.53.